The standard InChI is InChI=1S/C19H12N4O4/c24-22(25)13-10-14-18(12-6-2-1-3-7-12)20-15-8-4-5-9-16(15)21-19(14)17(11-13)23(26)27/h1-11,21H. The van der Waals surface area contributed by atoms with E-state index in [0.29, 0.717) is 28.2 Å². The minimum absolute atomic E-state index is 0.179. The zero-order valence-corrected chi connectivity index (χ0v) is 13.8. The lowest BCUT2D eigenvalue weighted by atomic mass is 9.99. The van der Waals surface area contributed by atoms with E-state index < -0.39 is 9.85 Å². The van der Waals surface area contributed by atoms with E-state index in [2.05, 4.69) is 10.3 Å². The first-order valence-corrected chi connectivity index (χ1v) is 8.02. The van der Waals surface area contributed by atoms with Crippen LogP contribution in [-0.4, -0.2) is 15.6 Å². The Bertz CT molecular complexity index is 1110. The Kier molecular flexibility index (Phi) is 3.85. The van der Waals surface area contributed by atoms with Crippen molar-refractivity contribution in [2.75, 3.05) is 5.32 Å². The number of nitro groups is 2. The summed E-state index contributed by atoms with van der Waals surface area (Å²) in [5, 5.41) is 26.0. The second-order valence-electron chi connectivity index (χ2n) is 5.87. The molecule has 0 saturated carbocycles. The Hall–Kier alpha value is -4.07. The molecule has 0 aliphatic carbocycles. The number of hydrogen-bond donors (Lipinski definition) is 1. The summed E-state index contributed by atoms with van der Waals surface area (Å²) >= 11 is 0. The Balaban J connectivity index is 2.09. The number of nitro benzene ring substituents is 2. The molecule has 27 heavy (non-hydrogen) atoms. The van der Waals surface area contributed by atoms with Gasteiger partial charge in [0, 0.05) is 17.2 Å². The van der Waals surface area contributed by atoms with Crippen LogP contribution in [0.1, 0.15) is 11.1 Å². The molecule has 0 aromatic heterocycles. The highest BCUT2D eigenvalue weighted by Gasteiger charge is 2.29. The van der Waals surface area contributed by atoms with E-state index in [0.717, 1.165) is 6.07 Å². The number of benzene rings is 3. The fourth-order valence-corrected chi connectivity index (χ4v) is 2.99. The smallest absolute Gasteiger partial charge is 0.300 e. The van der Waals surface area contributed by atoms with Crippen LogP contribution >= 0.6 is 0 Å². The molecule has 0 bridgehead atoms. The van der Waals surface area contributed by atoms with Crippen LogP contribution in [0.3, 0.4) is 0 Å². The van der Waals surface area contributed by atoms with Crippen LogP contribution in [0.5, 0.6) is 0 Å². The van der Waals surface area contributed by atoms with E-state index in [1.807, 2.05) is 18.2 Å². The quantitative estimate of drug-likeness (QED) is 0.419. The predicted octanol–water partition coefficient (Wildman–Crippen LogP) is 4.73. The third kappa shape index (κ3) is 2.89. The van der Waals surface area contributed by atoms with Crippen LogP contribution in [-0.2, 0) is 0 Å². The van der Waals surface area contributed by atoms with Crippen molar-refractivity contribution < 1.29 is 9.85 Å². The van der Waals surface area contributed by atoms with Crippen LogP contribution in [0.15, 0.2) is 71.7 Å². The molecular weight excluding hydrogens is 348 g/mol. The Morgan fingerprint density at radius 3 is 2.26 bits per heavy atom. The van der Waals surface area contributed by atoms with Crippen molar-refractivity contribution in [2.45, 2.75) is 0 Å². The lowest BCUT2D eigenvalue weighted by Gasteiger charge is -2.11. The maximum absolute atomic E-state index is 11.6. The molecule has 8 heteroatoms. The van der Waals surface area contributed by atoms with E-state index >= 15 is 0 Å². The fraction of sp³-hybridized carbons (Fsp3) is 0. The van der Waals surface area contributed by atoms with Crippen molar-refractivity contribution in [1.82, 2.24) is 0 Å². The van der Waals surface area contributed by atoms with E-state index in [4.69, 9.17) is 0 Å². The molecule has 4 rings (SSSR count). The van der Waals surface area contributed by atoms with Gasteiger partial charge in [0.25, 0.3) is 11.4 Å². The molecule has 0 amide bonds. The molecule has 1 N–H and O–H groups in total. The summed E-state index contributed by atoms with van der Waals surface area (Å²) in [4.78, 5) is 26.3. The number of non-ortho nitro benzene ring substituents is 1. The van der Waals surface area contributed by atoms with Gasteiger partial charge < -0.3 is 5.32 Å². The van der Waals surface area contributed by atoms with Gasteiger partial charge in [-0.3, -0.25) is 20.2 Å². The number of fused-ring (bicyclic) bond motifs is 2. The minimum atomic E-state index is -0.645. The van der Waals surface area contributed by atoms with Gasteiger partial charge >= 0.3 is 0 Å². The van der Waals surface area contributed by atoms with Gasteiger partial charge in [0.15, 0.2) is 0 Å². The SMILES string of the molecule is O=[N+]([O-])c1cc2c(c([N+](=O)[O-])c1)Nc1ccccc1N=C2c1ccccc1. The van der Waals surface area contributed by atoms with Crippen LogP contribution in [0.4, 0.5) is 28.4 Å². The molecule has 1 heterocycles. The van der Waals surface area contributed by atoms with Gasteiger partial charge in [0.05, 0.1) is 33.0 Å². The number of anilines is 2. The highest BCUT2D eigenvalue weighted by molar-refractivity contribution is 6.19. The molecule has 0 unspecified atom stereocenters. The second kappa shape index (κ2) is 6.34. The first-order chi connectivity index (χ1) is 13.0. The second-order valence-corrected chi connectivity index (χ2v) is 5.87. The number of hydrogen-bond acceptors (Lipinski definition) is 6. The van der Waals surface area contributed by atoms with Crippen molar-refractivity contribution >= 4 is 34.1 Å². The maximum atomic E-state index is 11.6. The zero-order valence-electron chi connectivity index (χ0n) is 13.8. The molecule has 1 aliphatic rings. The van der Waals surface area contributed by atoms with Gasteiger partial charge in [-0.05, 0) is 12.1 Å². The molecule has 0 fully saturated rings. The Labute approximate surface area is 153 Å². The maximum Gasteiger partial charge on any atom is 0.300 e. The first kappa shape index (κ1) is 16.4. The highest BCUT2D eigenvalue weighted by atomic mass is 16.6. The van der Waals surface area contributed by atoms with Gasteiger partial charge in [-0.1, -0.05) is 42.5 Å². The number of rotatable bonds is 3. The van der Waals surface area contributed by atoms with E-state index in [1.165, 1.54) is 6.07 Å². The van der Waals surface area contributed by atoms with Crippen molar-refractivity contribution in [1.29, 1.82) is 0 Å². The van der Waals surface area contributed by atoms with E-state index in [-0.39, 0.29) is 17.1 Å². The molecule has 132 valence electrons. The Morgan fingerprint density at radius 1 is 0.852 bits per heavy atom. The summed E-state index contributed by atoms with van der Waals surface area (Å²) in [6, 6.07) is 18.5. The summed E-state index contributed by atoms with van der Waals surface area (Å²) in [5.74, 6) is 0. The molecule has 0 saturated heterocycles. The largest absolute Gasteiger partial charge is 0.348 e. The summed E-state index contributed by atoms with van der Waals surface area (Å²) in [5.41, 5.74) is 2.04. The highest BCUT2D eigenvalue weighted by Crippen LogP contribution is 2.41. The zero-order chi connectivity index (χ0) is 19.0. The van der Waals surface area contributed by atoms with Crippen LogP contribution in [0.2, 0.25) is 0 Å². The number of aliphatic imine (C=N–C) groups is 1. The molecule has 0 radical (unpaired) electrons. The van der Waals surface area contributed by atoms with Crippen LogP contribution < -0.4 is 5.32 Å². The molecule has 8 nitrogen and oxygen atoms in total. The van der Waals surface area contributed by atoms with Gasteiger partial charge in [-0.15, -0.1) is 0 Å². The molecular formula is C19H12N4O4. The van der Waals surface area contributed by atoms with E-state index in [9.17, 15) is 20.2 Å². The summed E-state index contributed by atoms with van der Waals surface area (Å²) in [7, 11) is 0. The average molecular weight is 360 g/mol. The third-order valence-corrected chi connectivity index (χ3v) is 4.21. The molecule has 0 atom stereocenters. The number of nitrogens with one attached hydrogen (secondary N) is 1. The lowest BCUT2D eigenvalue weighted by Crippen LogP contribution is -2.08. The van der Waals surface area contributed by atoms with Crippen molar-refractivity contribution in [3.63, 3.8) is 0 Å². The van der Waals surface area contributed by atoms with Gasteiger partial charge in [-0.25, -0.2) is 4.99 Å². The first-order valence-electron chi connectivity index (χ1n) is 8.02. The fourth-order valence-electron chi connectivity index (χ4n) is 2.99. The molecule has 3 aromatic carbocycles. The van der Waals surface area contributed by atoms with Gasteiger partial charge in [0.2, 0.25) is 0 Å². The lowest BCUT2D eigenvalue weighted by molar-refractivity contribution is -0.393. The number of nitrogens with zero attached hydrogens (tertiary/aromatic N) is 3. The molecule has 0 spiro atoms. The Morgan fingerprint density at radius 2 is 1.56 bits per heavy atom. The van der Waals surface area contributed by atoms with Crippen LogP contribution in [0.25, 0.3) is 0 Å². The van der Waals surface area contributed by atoms with Crippen LogP contribution in [0, 0.1) is 20.2 Å². The minimum Gasteiger partial charge on any atom is -0.348 e. The number of para-hydroxylation sites is 2. The van der Waals surface area contributed by atoms with Crippen molar-refractivity contribution in [2.24, 2.45) is 4.99 Å². The van der Waals surface area contributed by atoms with Gasteiger partial charge in [-0.2, -0.15) is 0 Å². The summed E-state index contributed by atoms with van der Waals surface area (Å²) in [6.07, 6.45) is 0. The molecule has 3 aromatic rings. The van der Waals surface area contributed by atoms with Crippen molar-refractivity contribution in [3.05, 3.63) is 98.1 Å². The molecule has 1 aliphatic heterocycles. The topological polar surface area (TPSA) is 111 Å². The summed E-state index contributed by atoms with van der Waals surface area (Å²) < 4.78 is 0. The normalized spacial score (nSPS) is 12.1. The van der Waals surface area contributed by atoms with Crippen molar-refractivity contribution in [3.8, 4) is 0 Å². The summed E-state index contributed by atoms with van der Waals surface area (Å²) in [6.45, 7) is 0. The average Bonchev–Trinajstić information content (AvgIpc) is 2.84. The third-order valence-electron chi connectivity index (χ3n) is 4.21. The predicted molar refractivity (Wildman–Crippen MR) is 101 cm³/mol. The monoisotopic (exact) mass is 360 g/mol. The van der Waals surface area contributed by atoms with E-state index in [1.54, 1.807) is 36.4 Å². The van der Waals surface area contributed by atoms with Gasteiger partial charge in [0.1, 0.15) is 5.69 Å².